The van der Waals surface area contributed by atoms with Crippen LogP contribution in [0, 0.1) is 0 Å². The Labute approximate surface area is 139 Å². The second-order valence-corrected chi connectivity index (χ2v) is 6.03. The highest BCUT2D eigenvalue weighted by Crippen LogP contribution is 2.36. The largest absolute Gasteiger partial charge is 0.507 e. The first-order valence-electron chi connectivity index (χ1n) is 8.20. The van der Waals surface area contributed by atoms with Gasteiger partial charge in [0, 0.05) is 17.5 Å². The van der Waals surface area contributed by atoms with Crippen LogP contribution in [0.2, 0.25) is 0 Å². The molecule has 0 atom stereocenters. The third-order valence-electron chi connectivity index (χ3n) is 4.49. The van der Waals surface area contributed by atoms with Crippen LogP contribution in [0.5, 0.6) is 5.75 Å². The summed E-state index contributed by atoms with van der Waals surface area (Å²) >= 11 is 0. The number of benzene rings is 2. The van der Waals surface area contributed by atoms with E-state index in [1.807, 2.05) is 0 Å². The first kappa shape index (κ1) is 16.2. The number of aldehydes is 1. The predicted octanol–water partition coefficient (Wildman–Crippen LogP) is 3.53. The van der Waals surface area contributed by atoms with Crippen molar-refractivity contribution in [2.75, 3.05) is 6.54 Å². The van der Waals surface area contributed by atoms with Crippen LogP contribution in [0.25, 0.3) is 10.8 Å². The van der Waals surface area contributed by atoms with Gasteiger partial charge in [-0.05, 0) is 23.9 Å². The summed E-state index contributed by atoms with van der Waals surface area (Å²) < 4.78 is 0. The monoisotopic (exact) mass is 325 g/mol. The van der Waals surface area contributed by atoms with E-state index in [0.29, 0.717) is 29.2 Å². The summed E-state index contributed by atoms with van der Waals surface area (Å²) in [5.74, 6) is -0.983. The molecular weight excluding hydrogens is 306 g/mol. The molecule has 0 unspecified atom stereocenters. The molecular formula is C19H19NO4. The number of carbonyl (C=O) groups excluding carboxylic acids is 3. The number of rotatable bonds is 6. The molecule has 5 heteroatoms. The number of unbranched alkanes of at least 4 members (excludes halogenated alkanes) is 3. The van der Waals surface area contributed by atoms with Gasteiger partial charge in [-0.1, -0.05) is 38.3 Å². The number of phenols is 1. The van der Waals surface area contributed by atoms with Crippen LogP contribution in [0.15, 0.2) is 24.3 Å². The van der Waals surface area contributed by atoms with E-state index in [9.17, 15) is 19.5 Å². The van der Waals surface area contributed by atoms with Crippen molar-refractivity contribution in [1.82, 2.24) is 4.90 Å². The molecule has 0 radical (unpaired) electrons. The van der Waals surface area contributed by atoms with Crippen molar-refractivity contribution in [3.63, 3.8) is 0 Å². The molecule has 2 aromatic rings. The molecule has 2 aromatic carbocycles. The van der Waals surface area contributed by atoms with Crippen LogP contribution in [0.3, 0.4) is 0 Å². The standard InChI is InChI=1S/C19H19NO4/c1-2-3-4-5-9-20-18(23)13-8-6-7-12-15(11-21)16(22)10-14(17(12)13)19(20)24/h6-8,10-11,22H,2-5,9H2,1H3. The maximum atomic E-state index is 12.7. The lowest BCUT2D eigenvalue weighted by Crippen LogP contribution is -2.40. The van der Waals surface area contributed by atoms with E-state index in [1.54, 1.807) is 18.2 Å². The normalized spacial score (nSPS) is 13.6. The summed E-state index contributed by atoms with van der Waals surface area (Å²) in [4.78, 5) is 38.0. The molecule has 0 spiro atoms. The quantitative estimate of drug-likeness (QED) is 0.501. The molecule has 0 saturated heterocycles. The summed E-state index contributed by atoms with van der Waals surface area (Å²) in [6.45, 7) is 2.46. The van der Waals surface area contributed by atoms with Crippen molar-refractivity contribution >= 4 is 28.9 Å². The van der Waals surface area contributed by atoms with Gasteiger partial charge in [-0.3, -0.25) is 19.3 Å². The van der Waals surface area contributed by atoms with Gasteiger partial charge >= 0.3 is 0 Å². The molecule has 0 fully saturated rings. The Balaban J connectivity index is 2.08. The van der Waals surface area contributed by atoms with E-state index in [4.69, 9.17) is 0 Å². The van der Waals surface area contributed by atoms with Gasteiger partial charge in [-0.15, -0.1) is 0 Å². The highest BCUT2D eigenvalue weighted by molar-refractivity contribution is 6.27. The number of amides is 2. The minimum absolute atomic E-state index is 0.104. The van der Waals surface area contributed by atoms with Crippen molar-refractivity contribution in [2.45, 2.75) is 32.6 Å². The summed E-state index contributed by atoms with van der Waals surface area (Å²) in [5.41, 5.74) is 0.784. The van der Waals surface area contributed by atoms with Crippen molar-refractivity contribution in [2.24, 2.45) is 0 Å². The molecule has 0 aliphatic carbocycles. The van der Waals surface area contributed by atoms with Gasteiger partial charge in [0.2, 0.25) is 0 Å². The third-order valence-corrected chi connectivity index (χ3v) is 4.49. The Hall–Kier alpha value is -2.69. The zero-order valence-corrected chi connectivity index (χ0v) is 13.5. The number of phenolic OH excluding ortho intramolecular Hbond substituents is 1. The van der Waals surface area contributed by atoms with E-state index in [2.05, 4.69) is 6.92 Å². The second kappa shape index (κ2) is 6.43. The molecule has 3 rings (SSSR count). The number of hydrogen-bond donors (Lipinski definition) is 1. The van der Waals surface area contributed by atoms with Crippen LogP contribution in [0.4, 0.5) is 0 Å². The van der Waals surface area contributed by atoms with Gasteiger partial charge in [0.25, 0.3) is 11.8 Å². The number of hydrogen-bond acceptors (Lipinski definition) is 4. The molecule has 1 heterocycles. The predicted molar refractivity (Wildman–Crippen MR) is 90.5 cm³/mol. The molecule has 24 heavy (non-hydrogen) atoms. The average Bonchev–Trinajstić information content (AvgIpc) is 2.58. The summed E-state index contributed by atoms with van der Waals surface area (Å²) in [7, 11) is 0. The van der Waals surface area contributed by atoms with E-state index in [0.717, 1.165) is 25.7 Å². The van der Waals surface area contributed by atoms with Crippen molar-refractivity contribution < 1.29 is 19.5 Å². The van der Waals surface area contributed by atoms with Gasteiger partial charge in [-0.2, -0.15) is 0 Å². The summed E-state index contributed by atoms with van der Waals surface area (Å²) in [6, 6.07) is 6.26. The molecule has 1 N–H and O–H groups in total. The highest BCUT2D eigenvalue weighted by atomic mass is 16.3. The van der Waals surface area contributed by atoms with Gasteiger partial charge in [0.1, 0.15) is 5.75 Å². The molecule has 0 bridgehead atoms. The van der Waals surface area contributed by atoms with Gasteiger partial charge in [0.05, 0.1) is 11.1 Å². The van der Waals surface area contributed by atoms with Crippen molar-refractivity contribution in [1.29, 1.82) is 0 Å². The highest BCUT2D eigenvalue weighted by Gasteiger charge is 2.33. The summed E-state index contributed by atoms with van der Waals surface area (Å²) in [5, 5.41) is 11.0. The first-order valence-corrected chi connectivity index (χ1v) is 8.20. The van der Waals surface area contributed by atoms with E-state index >= 15 is 0 Å². The van der Waals surface area contributed by atoms with Crippen LogP contribution in [-0.2, 0) is 0 Å². The maximum absolute atomic E-state index is 12.7. The second-order valence-electron chi connectivity index (χ2n) is 6.03. The summed E-state index contributed by atoms with van der Waals surface area (Å²) in [6.07, 6.45) is 4.40. The lowest BCUT2D eigenvalue weighted by atomic mass is 9.91. The lowest BCUT2D eigenvalue weighted by Gasteiger charge is -2.27. The van der Waals surface area contributed by atoms with Gasteiger partial charge < -0.3 is 5.11 Å². The fourth-order valence-corrected chi connectivity index (χ4v) is 3.25. The number of aromatic hydroxyl groups is 1. The fraction of sp³-hybridized carbons (Fsp3) is 0.316. The minimum Gasteiger partial charge on any atom is -0.507 e. The Morgan fingerprint density at radius 3 is 2.54 bits per heavy atom. The first-order chi connectivity index (χ1) is 11.6. The average molecular weight is 325 g/mol. The Bertz CT molecular complexity index is 841. The third kappa shape index (κ3) is 2.46. The smallest absolute Gasteiger partial charge is 0.261 e. The van der Waals surface area contributed by atoms with Crippen molar-refractivity contribution in [3.8, 4) is 5.75 Å². The van der Waals surface area contributed by atoms with E-state index in [-0.39, 0.29) is 22.8 Å². The molecule has 1 aliphatic rings. The Kier molecular flexibility index (Phi) is 4.34. The topological polar surface area (TPSA) is 74.7 Å². The Morgan fingerprint density at radius 2 is 1.83 bits per heavy atom. The molecule has 0 aromatic heterocycles. The van der Waals surface area contributed by atoms with Crippen LogP contribution >= 0.6 is 0 Å². The molecule has 0 saturated carbocycles. The van der Waals surface area contributed by atoms with Crippen LogP contribution in [0.1, 0.15) is 63.7 Å². The SMILES string of the molecule is CCCCCCN1C(=O)c2cccc3c(C=O)c(O)cc(c23)C1=O. The van der Waals surface area contributed by atoms with Crippen LogP contribution < -0.4 is 0 Å². The fourth-order valence-electron chi connectivity index (χ4n) is 3.25. The van der Waals surface area contributed by atoms with Gasteiger partial charge in [0.15, 0.2) is 6.29 Å². The van der Waals surface area contributed by atoms with E-state index < -0.39 is 5.91 Å². The number of nitrogens with zero attached hydrogens (tertiary/aromatic N) is 1. The molecule has 5 nitrogen and oxygen atoms in total. The molecule has 1 aliphatic heterocycles. The zero-order chi connectivity index (χ0) is 17.3. The minimum atomic E-state index is -0.409. The van der Waals surface area contributed by atoms with E-state index in [1.165, 1.54) is 11.0 Å². The Morgan fingerprint density at radius 1 is 1.08 bits per heavy atom. The number of carbonyl (C=O) groups is 3. The zero-order valence-electron chi connectivity index (χ0n) is 13.5. The van der Waals surface area contributed by atoms with Crippen LogP contribution in [-0.4, -0.2) is 34.7 Å². The van der Waals surface area contributed by atoms with Gasteiger partial charge in [-0.25, -0.2) is 0 Å². The maximum Gasteiger partial charge on any atom is 0.261 e. The molecule has 2 amide bonds. The lowest BCUT2D eigenvalue weighted by molar-refractivity contribution is 0.0607. The van der Waals surface area contributed by atoms with Crippen molar-refractivity contribution in [3.05, 3.63) is 41.0 Å². The molecule has 124 valence electrons. The number of imide groups is 1.